The number of rotatable bonds is 2. The second kappa shape index (κ2) is 3.51. The Labute approximate surface area is 79.4 Å². The van der Waals surface area contributed by atoms with Gasteiger partial charge in [0, 0.05) is 6.61 Å². The van der Waals surface area contributed by atoms with Crippen LogP contribution in [-0.4, -0.2) is 11.7 Å². The number of hydrogen-bond acceptors (Lipinski definition) is 1. The first-order chi connectivity index (χ1) is 6.33. The molecule has 0 aromatic heterocycles. The van der Waals surface area contributed by atoms with Gasteiger partial charge in [-0.05, 0) is 29.7 Å². The topological polar surface area (TPSA) is 20.2 Å². The van der Waals surface area contributed by atoms with E-state index in [4.69, 9.17) is 5.11 Å². The smallest absolute Gasteiger partial charge is 0.0465 e. The maximum Gasteiger partial charge on any atom is 0.0465 e. The van der Waals surface area contributed by atoms with Crippen LogP contribution < -0.4 is 0 Å². The first kappa shape index (κ1) is 8.76. The summed E-state index contributed by atoms with van der Waals surface area (Å²) in [6.07, 6.45) is 1.18. The van der Waals surface area contributed by atoms with Gasteiger partial charge in [0.1, 0.15) is 0 Å². The third-order valence-electron chi connectivity index (χ3n) is 3.21. The third kappa shape index (κ3) is 1.49. The van der Waals surface area contributed by atoms with E-state index in [1.165, 1.54) is 12.0 Å². The predicted octanol–water partition coefficient (Wildman–Crippen LogP) is 2.42. The molecule has 1 heteroatoms. The summed E-state index contributed by atoms with van der Waals surface area (Å²) in [6.45, 7) is 2.60. The van der Waals surface area contributed by atoms with Gasteiger partial charge in [-0.3, -0.25) is 0 Å². The summed E-state index contributed by atoms with van der Waals surface area (Å²) >= 11 is 0. The van der Waals surface area contributed by atoms with Crippen LogP contribution in [0, 0.1) is 11.8 Å². The average Bonchev–Trinajstić information content (AvgIpc) is 2.15. The zero-order chi connectivity index (χ0) is 9.26. The minimum absolute atomic E-state index is 0.337. The molecule has 0 bridgehead atoms. The SMILES string of the molecule is C[C@@H]1C[C@H](CO)C1c1ccccc1. The Balaban J connectivity index is 2.16. The maximum absolute atomic E-state index is 9.14. The van der Waals surface area contributed by atoms with Crippen molar-refractivity contribution in [1.82, 2.24) is 0 Å². The Hall–Kier alpha value is -0.820. The molecule has 0 amide bonds. The van der Waals surface area contributed by atoms with Gasteiger partial charge in [0.25, 0.3) is 0 Å². The number of benzene rings is 1. The highest BCUT2D eigenvalue weighted by Gasteiger charge is 2.37. The predicted molar refractivity (Wildman–Crippen MR) is 53.5 cm³/mol. The molecule has 1 aromatic rings. The molecule has 2 rings (SSSR count). The van der Waals surface area contributed by atoms with Crippen molar-refractivity contribution in [3.8, 4) is 0 Å². The number of aliphatic hydroxyl groups excluding tert-OH is 1. The lowest BCUT2D eigenvalue weighted by atomic mass is 9.63. The minimum Gasteiger partial charge on any atom is -0.396 e. The molecule has 13 heavy (non-hydrogen) atoms. The molecule has 0 spiro atoms. The van der Waals surface area contributed by atoms with Crippen LogP contribution in [0.15, 0.2) is 30.3 Å². The van der Waals surface area contributed by atoms with Crippen LogP contribution >= 0.6 is 0 Å². The second-order valence-electron chi connectivity index (χ2n) is 4.09. The standard InChI is InChI=1S/C12H16O/c1-9-7-11(8-13)12(9)10-5-3-2-4-6-10/h2-6,9,11-13H,7-8H2,1H3/t9-,11-,12?/m1/s1. The summed E-state index contributed by atoms with van der Waals surface area (Å²) in [5.74, 6) is 1.82. The van der Waals surface area contributed by atoms with E-state index < -0.39 is 0 Å². The van der Waals surface area contributed by atoms with Gasteiger partial charge in [-0.1, -0.05) is 37.3 Å². The molecule has 1 aromatic carbocycles. The average molecular weight is 176 g/mol. The van der Waals surface area contributed by atoms with Crippen LogP contribution in [0.25, 0.3) is 0 Å². The zero-order valence-electron chi connectivity index (χ0n) is 7.98. The van der Waals surface area contributed by atoms with Crippen molar-refractivity contribution in [3.05, 3.63) is 35.9 Å². The van der Waals surface area contributed by atoms with E-state index in [0.29, 0.717) is 18.4 Å². The lowest BCUT2D eigenvalue weighted by molar-refractivity contribution is 0.0832. The Morgan fingerprint density at radius 1 is 1.31 bits per heavy atom. The van der Waals surface area contributed by atoms with Gasteiger partial charge in [0.15, 0.2) is 0 Å². The van der Waals surface area contributed by atoms with Crippen LogP contribution in [-0.2, 0) is 0 Å². The van der Waals surface area contributed by atoms with E-state index in [0.717, 1.165) is 5.92 Å². The lowest BCUT2D eigenvalue weighted by Crippen LogP contribution is -2.35. The van der Waals surface area contributed by atoms with Crippen LogP contribution in [0.4, 0.5) is 0 Å². The van der Waals surface area contributed by atoms with E-state index in [-0.39, 0.29) is 0 Å². The van der Waals surface area contributed by atoms with Crippen LogP contribution in [0.2, 0.25) is 0 Å². The van der Waals surface area contributed by atoms with Crippen molar-refractivity contribution >= 4 is 0 Å². The van der Waals surface area contributed by atoms with Crippen molar-refractivity contribution in [1.29, 1.82) is 0 Å². The Morgan fingerprint density at radius 3 is 2.54 bits per heavy atom. The van der Waals surface area contributed by atoms with Gasteiger partial charge in [-0.25, -0.2) is 0 Å². The molecule has 70 valence electrons. The molecule has 1 unspecified atom stereocenters. The van der Waals surface area contributed by atoms with Crippen LogP contribution in [0.1, 0.15) is 24.8 Å². The largest absolute Gasteiger partial charge is 0.396 e. The summed E-state index contributed by atoms with van der Waals surface area (Å²) in [7, 11) is 0. The van der Waals surface area contributed by atoms with Crippen molar-refractivity contribution in [3.63, 3.8) is 0 Å². The molecule has 0 radical (unpaired) electrons. The number of hydrogen-bond donors (Lipinski definition) is 1. The first-order valence-corrected chi connectivity index (χ1v) is 4.98. The highest BCUT2D eigenvalue weighted by Crippen LogP contribution is 2.46. The van der Waals surface area contributed by atoms with Gasteiger partial charge in [0.05, 0.1) is 0 Å². The molecule has 1 nitrogen and oxygen atoms in total. The quantitative estimate of drug-likeness (QED) is 0.733. The van der Waals surface area contributed by atoms with Gasteiger partial charge < -0.3 is 5.11 Å². The maximum atomic E-state index is 9.14. The van der Waals surface area contributed by atoms with Gasteiger partial charge in [-0.15, -0.1) is 0 Å². The van der Waals surface area contributed by atoms with Gasteiger partial charge in [-0.2, -0.15) is 0 Å². The monoisotopic (exact) mass is 176 g/mol. The highest BCUT2D eigenvalue weighted by atomic mass is 16.3. The lowest BCUT2D eigenvalue weighted by Gasteiger charge is -2.42. The van der Waals surface area contributed by atoms with Gasteiger partial charge >= 0.3 is 0 Å². The molecule has 3 atom stereocenters. The Morgan fingerprint density at radius 2 is 2.00 bits per heavy atom. The van der Waals surface area contributed by atoms with E-state index in [2.05, 4.69) is 31.2 Å². The summed E-state index contributed by atoms with van der Waals surface area (Å²) in [5.41, 5.74) is 1.39. The van der Waals surface area contributed by atoms with E-state index >= 15 is 0 Å². The van der Waals surface area contributed by atoms with E-state index in [1.807, 2.05) is 6.07 Å². The first-order valence-electron chi connectivity index (χ1n) is 4.98. The van der Waals surface area contributed by atoms with Crippen LogP contribution in [0.3, 0.4) is 0 Å². The molecular weight excluding hydrogens is 160 g/mol. The molecule has 1 aliphatic carbocycles. The fraction of sp³-hybridized carbons (Fsp3) is 0.500. The molecule has 1 saturated carbocycles. The summed E-state index contributed by atoms with van der Waals surface area (Å²) in [5, 5.41) is 9.14. The summed E-state index contributed by atoms with van der Waals surface area (Å²) in [4.78, 5) is 0. The van der Waals surface area contributed by atoms with E-state index in [9.17, 15) is 0 Å². The van der Waals surface area contributed by atoms with Crippen molar-refractivity contribution < 1.29 is 5.11 Å². The fourth-order valence-corrected chi connectivity index (χ4v) is 2.50. The molecule has 0 saturated heterocycles. The fourth-order valence-electron chi connectivity index (χ4n) is 2.50. The van der Waals surface area contributed by atoms with Crippen molar-refractivity contribution in [2.45, 2.75) is 19.3 Å². The molecule has 0 aliphatic heterocycles. The zero-order valence-corrected chi connectivity index (χ0v) is 7.98. The molecular formula is C12H16O. The molecule has 1 aliphatic rings. The number of aliphatic hydroxyl groups is 1. The molecule has 0 heterocycles. The summed E-state index contributed by atoms with van der Waals surface area (Å²) < 4.78 is 0. The second-order valence-corrected chi connectivity index (χ2v) is 4.09. The van der Waals surface area contributed by atoms with Crippen LogP contribution in [0.5, 0.6) is 0 Å². The Kier molecular flexibility index (Phi) is 2.36. The minimum atomic E-state index is 0.337. The highest BCUT2D eigenvalue weighted by molar-refractivity contribution is 5.23. The van der Waals surface area contributed by atoms with Crippen molar-refractivity contribution in [2.24, 2.45) is 11.8 Å². The summed E-state index contributed by atoms with van der Waals surface area (Å²) in [6, 6.07) is 10.5. The normalized spacial score (nSPS) is 32.6. The molecule has 1 fully saturated rings. The van der Waals surface area contributed by atoms with Gasteiger partial charge in [0.2, 0.25) is 0 Å². The van der Waals surface area contributed by atoms with E-state index in [1.54, 1.807) is 0 Å². The Bertz CT molecular complexity index is 268. The third-order valence-corrected chi connectivity index (χ3v) is 3.21. The van der Waals surface area contributed by atoms with Crippen molar-refractivity contribution in [2.75, 3.05) is 6.61 Å². The molecule has 1 N–H and O–H groups in total.